The highest BCUT2D eigenvalue weighted by molar-refractivity contribution is 6.00. The van der Waals surface area contributed by atoms with Crippen LogP contribution in [0.5, 0.6) is 0 Å². The first kappa shape index (κ1) is 12.1. The zero-order chi connectivity index (χ0) is 13.3. The Morgan fingerprint density at radius 3 is 2.78 bits per heavy atom. The van der Waals surface area contributed by atoms with Crippen LogP contribution in [-0.2, 0) is 9.59 Å². The molecule has 0 saturated heterocycles. The molecule has 2 atom stereocenters. The summed E-state index contributed by atoms with van der Waals surface area (Å²) in [6.45, 7) is 3.07. The van der Waals surface area contributed by atoms with E-state index in [4.69, 9.17) is 9.68 Å². The Hall–Kier alpha value is -2.35. The van der Waals surface area contributed by atoms with Gasteiger partial charge in [-0.15, -0.1) is 0 Å². The third-order valence-corrected chi connectivity index (χ3v) is 3.01. The Labute approximate surface area is 104 Å². The number of carbonyl (C=O) groups excluding carboxylic acids is 2. The maximum absolute atomic E-state index is 11.8. The van der Waals surface area contributed by atoms with Gasteiger partial charge < -0.3 is 9.73 Å². The van der Waals surface area contributed by atoms with Gasteiger partial charge in [0.1, 0.15) is 11.7 Å². The molecule has 2 heterocycles. The average molecular weight is 244 g/mol. The Balaban J connectivity index is 2.60. The van der Waals surface area contributed by atoms with Crippen LogP contribution < -0.4 is 5.32 Å². The van der Waals surface area contributed by atoms with E-state index in [1.54, 1.807) is 19.1 Å². The summed E-state index contributed by atoms with van der Waals surface area (Å²) in [6.07, 6.45) is 1.46. The third-order valence-electron chi connectivity index (χ3n) is 3.01. The molecule has 5 heteroatoms. The van der Waals surface area contributed by atoms with Crippen LogP contribution in [0.1, 0.15) is 25.5 Å². The molecule has 1 aromatic heterocycles. The fraction of sp³-hybridized carbons (Fsp3) is 0.308. The van der Waals surface area contributed by atoms with Crippen LogP contribution in [-0.4, -0.2) is 11.7 Å². The standard InChI is InChI=1S/C13H12N2O3/c1-7-11(8(2)16)12(10-4-3-5-18-10)9(6-14)13(17)15-7/h3-5,9,12H,1-2H3,(H,15,17). The van der Waals surface area contributed by atoms with E-state index in [9.17, 15) is 9.59 Å². The molecular formula is C13H12N2O3. The van der Waals surface area contributed by atoms with Gasteiger partial charge in [0.2, 0.25) is 5.91 Å². The molecule has 1 aliphatic rings. The van der Waals surface area contributed by atoms with Gasteiger partial charge in [0.05, 0.1) is 18.3 Å². The molecule has 92 valence electrons. The topological polar surface area (TPSA) is 83.1 Å². The van der Waals surface area contributed by atoms with E-state index in [0.717, 1.165) is 0 Å². The first-order valence-electron chi connectivity index (χ1n) is 5.52. The number of amides is 1. The molecule has 1 aliphatic heterocycles. The van der Waals surface area contributed by atoms with Crippen molar-refractivity contribution in [2.45, 2.75) is 19.8 Å². The summed E-state index contributed by atoms with van der Waals surface area (Å²) >= 11 is 0. The molecule has 1 amide bonds. The number of rotatable bonds is 2. The Morgan fingerprint density at radius 1 is 1.56 bits per heavy atom. The van der Waals surface area contributed by atoms with Crippen LogP contribution in [0.3, 0.4) is 0 Å². The smallest absolute Gasteiger partial charge is 0.242 e. The number of nitriles is 1. The molecule has 0 fully saturated rings. The number of Topliss-reactive ketones (excluding diaryl/α,β-unsaturated/α-hetero) is 1. The lowest BCUT2D eigenvalue weighted by Gasteiger charge is -2.28. The summed E-state index contributed by atoms with van der Waals surface area (Å²) < 4.78 is 5.26. The predicted molar refractivity (Wildman–Crippen MR) is 62.1 cm³/mol. The van der Waals surface area contributed by atoms with Crippen molar-refractivity contribution < 1.29 is 14.0 Å². The van der Waals surface area contributed by atoms with Crippen LogP contribution in [0.4, 0.5) is 0 Å². The van der Waals surface area contributed by atoms with E-state index >= 15 is 0 Å². The van der Waals surface area contributed by atoms with E-state index < -0.39 is 17.7 Å². The first-order valence-corrected chi connectivity index (χ1v) is 5.52. The van der Waals surface area contributed by atoms with Crippen LogP contribution >= 0.6 is 0 Å². The second-order valence-electron chi connectivity index (χ2n) is 4.18. The van der Waals surface area contributed by atoms with Gasteiger partial charge in [-0.1, -0.05) is 0 Å². The van der Waals surface area contributed by atoms with Crippen LogP contribution in [0, 0.1) is 17.2 Å². The summed E-state index contributed by atoms with van der Waals surface area (Å²) in [6, 6.07) is 5.28. The Kier molecular flexibility index (Phi) is 3.02. The minimum Gasteiger partial charge on any atom is -0.469 e. The van der Waals surface area contributed by atoms with Crippen molar-refractivity contribution in [2.24, 2.45) is 5.92 Å². The zero-order valence-electron chi connectivity index (χ0n) is 10.1. The molecular weight excluding hydrogens is 232 g/mol. The highest BCUT2D eigenvalue weighted by Crippen LogP contribution is 2.37. The number of nitrogens with one attached hydrogen (secondary N) is 1. The van der Waals surface area contributed by atoms with E-state index in [2.05, 4.69) is 5.32 Å². The van der Waals surface area contributed by atoms with Crippen molar-refractivity contribution in [2.75, 3.05) is 0 Å². The van der Waals surface area contributed by atoms with Crippen LogP contribution in [0.25, 0.3) is 0 Å². The van der Waals surface area contributed by atoms with Gasteiger partial charge in [-0.2, -0.15) is 5.26 Å². The highest BCUT2D eigenvalue weighted by Gasteiger charge is 2.40. The van der Waals surface area contributed by atoms with E-state index in [1.165, 1.54) is 13.2 Å². The minimum atomic E-state index is -0.946. The summed E-state index contributed by atoms with van der Waals surface area (Å²) in [5.41, 5.74) is 0.913. The molecule has 0 aromatic carbocycles. The fourth-order valence-electron chi connectivity index (χ4n) is 2.27. The molecule has 1 aromatic rings. The lowest BCUT2D eigenvalue weighted by Crippen LogP contribution is -2.40. The van der Waals surface area contributed by atoms with Crippen molar-refractivity contribution in [1.29, 1.82) is 5.26 Å². The minimum absolute atomic E-state index is 0.172. The lowest BCUT2D eigenvalue weighted by molar-refractivity contribution is -0.124. The van der Waals surface area contributed by atoms with Gasteiger partial charge in [-0.3, -0.25) is 9.59 Å². The summed E-state index contributed by atoms with van der Waals surface area (Å²) in [4.78, 5) is 23.5. The highest BCUT2D eigenvalue weighted by atomic mass is 16.3. The third kappa shape index (κ3) is 1.82. The molecule has 0 radical (unpaired) electrons. The number of allylic oxidation sites excluding steroid dienone is 2. The number of ketones is 1. The molecule has 0 saturated carbocycles. The normalized spacial score (nSPS) is 23.5. The second-order valence-corrected chi connectivity index (χ2v) is 4.18. The molecule has 5 nitrogen and oxygen atoms in total. The monoisotopic (exact) mass is 244 g/mol. The number of carbonyl (C=O) groups is 2. The largest absolute Gasteiger partial charge is 0.469 e. The van der Waals surface area contributed by atoms with Gasteiger partial charge in [0.15, 0.2) is 5.78 Å². The molecule has 0 aliphatic carbocycles. The number of hydrogen-bond acceptors (Lipinski definition) is 4. The Bertz CT molecular complexity index is 564. The Morgan fingerprint density at radius 2 is 2.28 bits per heavy atom. The fourth-order valence-corrected chi connectivity index (χ4v) is 2.27. The maximum Gasteiger partial charge on any atom is 0.242 e. The van der Waals surface area contributed by atoms with Gasteiger partial charge in [0.25, 0.3) is 0 Å². The number of nitrogens with zero attached hydrogens (tertiary/aromatic N) is 1. The van der Waals surface area contributed by atoms with Crippen molar-refractivity contribution in [3.63, 3.8) is 0 Å². The predicted octanol–water partition coefficient (Wildman–Crippen LogP) is 1.50. The van der Waals surface area contributed by atoms with E-state index in [1.807, 2.05) is 6.07 Å². The SMILES string of the molecule is CC(=O)C1=C(C)NC(=O)C(C#N)C1c1ccco1. The average Bonchev–Trinajstić information content (AvgIpc) is 2.80. The molecule has 2 rings (SSSR count). The lowest BCUT2D eigenvalue weighted by atomic mass is 9.79. The van der Waals surface area contributed by atoms with Crippen molar-refractivity contribution in [3.8, 4) is 6.07 Å². The van der Waals surface area contributed by atoms with Crippen LogP contribution in [0.15, 0.2) is 34.1 Å². The van der Waals surface area contributed by atoms with E-state index in [-0.39, 0.29) is 5.78 Å². The van der Waals surface area contributed by atoms with Gasteiger partial charge in [-0.05, 0) is 26.0 Å². The molecule has 18 heavy (non-hydrogen) atoms. The number of furan rings is 1. The second kappa shape index (κ2) is 4.49. The first-order chi connectivity index (χ1) is 8.56. The molecule has 0 bridgehead atoms. The van der Waals surface area contributed by atoms with Crippen LogP contribution in [0.2, 0.25) is 0 Å². The van der Waals surface area contributed by atoms with Crippen molar-refractivity contribution >= 4 is 11.7 Å². The van der Waals surface area contributed by atoms with E-state index in [0.29, 0.717) is 17.0 Å². The molecule has 0 spiro atoms. The quantitative estimate of drug-likeness (QED) is 0.854. The zero-order valence-corrected chi connectivity index (χ0v) is 10.1. The summed E-state index contributed by atoms with van der Waals surface area (Å²) in [5.74, 6) is -1.69. The van der Waals surface area contributed by atoms with Gasteiger partial charge >= 0.3 is 0 Å². The summed E-state index contributed by atoms with van der Waals surface area (Å²) in [7, 11) is 0. The van der Waals surface area contributed by atoms with Crippen molar-refractivity contribution in [1.82, 2.24) is 5.32 Å². The van der Waals surface area contributed by atoms with Gasteiger partial charge in [0, 0.05) is 11.3 Å². The molecule has 1 N–H and O–H groups in total. The van der Waals surface area contributed by atoms with Gasteiger partial charge in [-0.25, -0.2) is 0 Å². The molecule has 2 unspecified atom stereocenters. The summed E-state index contributed by atoms with van der Waals surface area (Å²) in [5, 5.41) is 11.7. The maximum atomic E-state index is 11.8. The van der Waals surface area contributed by atoms with Crippen molar-refractivity contribution in [3.05, 3.63) is 35.4 Å². The number of hydrogen-bond donors (Lipinski definition) is 1.